The summed E-state index contributed by atoms with van der Waals surface area (Å²) >= 11 is 0. The first-order valence-corrected chi connectivity index (χ1v) is 29.0. The lowest BCUT2D eigenvalue weighted by atomic mass is 10.1. The van der Waals surface area contributed by atoms with Crippen LogP contribution in [0.3, 0.4) is 0 Å². The summed E-state index contributed by atoms with van der Waals surface area (Å²) in [5.41, 5.74) is 0. The first-order chi connectivity index (χ1) is 33.4. The van der Waals surface area contributed by atoms with E-state index in [-0.39, 0.29) is 31.3 Å². The van der Waals surface area contributed by atoms with Gasteiger partial charge < -0.3 is 28.5 Å². The van der Waals surface area contributed by atoms with Crippen LogP contribution in [0.5, 0.6) is 0 Å². The van der Waals surface area contributed by atoms with Crippen LogP contribution in [0.25, 0.3) is 0 Å². The van der Waals surface area contributed by atoms with Crippen LogP contribution in [0.15, 0.2) is 97.2 Å². The Hall–Kier alpha value is -3.07. The topological polar surface area (TPSA) is 114 Å². The molecule has 0 aromatic heterocycles. The fourth-order valence-corrected chi connectivity index (χ4v) is 7.99. The predicted octanol–water partition coefficient (Wildman–Crippen LogP) is 15.8. The number of hydrogen-bond acceptors (Lipinski definition) is 7. The SMILES string of the molecule is CC/C=C/C=C/C=C\CCCCCCCC(=O)OC(/C=C\CCCCCCCCCCC)C(COP(=O)([O-])OCC[N+](C)(C)C)NC(=O)CCCCC/C=C\C/C=C\C/C=C\C/C=C\CCCCC. The van der Waals surface area contributed by atoms with Crippen molar-refractivity contribution in [1.29, 1.82) is 0 Å². The quantitative estimate of drug-likeness (QED) is 0.0161. The second-order valence-corrected chi connectivity index (χ2v) is 20.8. The standard InChI is InChI=1S/C59H103N2O7P/c1-7-10-13-16-19-22-25-27-28-29-30-31-32-34-36-39-42-45-48-51-58(62)60-56(55-67-69(64,65)66-54-53-61(4,5)6)57(50-47-44-41-38-35-24-21-18-15-12-9-3)68-59(63)52-49-46-43-40-37-33-26-23-20-17-14-11-8-2/h11,14,17,19-20,22-23,26-28,30-31,34,36,47,50,56-57H,7-10,12-13,15-16,18,21,24-25,29,32-33,35,37-46,48-49,51-55H2,1-6H3,(H-,60,62,64,65)/b14-11+,20-17+,22-19-,26-23-,28-27-,31-30-,36-34-,50-47-. The summed E-state index contributed by atoms with van der Waals surface area (Å²) in [7, 11) is 1.13. The maximum atomic E-state index is 13.4. The summed E-state index contributed by atoms with van der Waals surface area (Å²) in [6.45, 7) is 6.60. The Morgan fingerprint density at radius 2 is 0.986 bits per heavy atom. The molecule has 0 heterocycles. The first-order valence-electron chi connectivity index (χ1n) is 27.6. The number of rotatable bonds is 48. The van der Waals surface area contributed by atoms with Crippen molar-refractivity contribution >= 4 is 19.7 Å². The number of ether oxygens (including phenoxy) is 1. The molecule has 0 radical (unpaired) electrons. The van der Waals surface area contributed by atoms with Gasteiger partial charge in [-0.2, -0.15) is 0 Å². The minimum Gasteiger partial charge on any atom is -0.756 e. The van der Waals surface area contributed by atoms with Crippen molar-refractivity contribution in [2.24, 2.45) is 0 Å². The van der Waals surface area contributed by atoms with Gasteiger partial charge in [0.25, 0.3) is 7.82 Å². The first kappa shape index (κ1) is 65.9. The molecule has 0 aromatic rings. The number of carbonyl (C=O) groups excluding carboxylic acids is 2. The number of nitrogens with zero attached hydrogens (tertiary/aromatic N) is 1. The molecule has 0 aromatic carbocycles. The summed E-state index contributed by atoms with van der Waals surface area (Å²) in [6, 6.07) is -0.917. The molecular weight excluding hydrogens is 880 g/mol. The monoisotopic (exact) mass is 983 g/mol. The molecule has 0 spiro atoms. The highest BCUT2D eigenvalue weighted by atomic mass is 31.2. The van der Waals surface area contributed by atoms with Crippen LogP contribution >= 0.6 is 7.82 Å². The van der Waals surface area contributed by atoms with Crippen molar-refractivity contribution in [3.8, 4) is 0 Å². The van der Waals surface area contributed by atoms with Gasteiger partial charge in [-0.05, 0) is 96.0 Å². The van der Waals surface area contributed by atoms with Gasteiger partial charge in [-0.15, -0.1) is 0 Å². The van der Waals surface area contributed by atoms with Gasteiger partial charge >= 0.3 is 5.97 Å². The Bertz CT molecular complexity index is 1510. The van der Waals surface area contributed by atoms with Crippen molar-refractivity contribution in [2.45, 2.75) is 226 Å². The molecule has 0 saturated heterocycles. The number of phosphoric ester groups is 1. The number of hydrogen-bond donors (Lipinski definition) is 1. The van der Waals surface area contributed by atoms with Crippen molar-refractivity contribution in [2.75, 3.05) is 40.9 Å². The minimum absolute atomic E-state index is 0.0373. The summed E-state index contributed by atoms with van der Waals surface area (Å²) in [5.74, 6) is -0.610. The highest BCUT2D eigenvalue weighted by Gasteiger charge is 2.27. The fourth-order valence-electron chi connectivity index (χ4n) is 7.27. The molecule has 3 atom stereocenters. The smallest absolute Gasteiger partial charge is 0.306 e. The lowest BCUT2D eigenvalue weighted by Crippen LogP contribution is -2.47. The number of likely N-dealkylation sites (N-methyl/N-ethyl adjacent to an activating group) is 1. The summed E-state index contributed by atoms with van der Waals surface area (Å²) < 4.78 is 30.1. The van der Waals surface area contributed by atoms with E-state index < -0.39 is 26.6 Å². The molecule has 10 heteroatoms. The maximum Gasteiger partial charge on any atom is 0.306 e. The highest BCUT2D eigenvalue weighted by molar-refractivity contribution is 7.45. The van der Waals surface area contributed by atoms with E-state index in [9.17, 15) is 19.0 Å². The Kier molecular flexibility index (Phi) is 46.4. The molecule has 0 bridgehead atoms. The van der Waals surface area contributed by atoms with Crippen molar-refractivity contribution in [3.63, 3.8) is 0 Å². The highest BCUT2D eigenvalue weighted by Crippen LogP contribution is 2.38. The van der Waals surface area contributed by atoms with Crippen molar-refractivity contribution < 1.29 is 37.3 Å². The Morgan fingerprint density at radius 3 is 1.55 bits per heavy atom. The number of carbonyl (C=O) groups is 2. The average molecular weight is 983 g/mol. The maximum absolute atomic E-state index is 13.4. The summed E-state index contributed by atoms with van der Waals surface area (Å²) in [5, 5.41) is 2.99. The van der Waals surface area contributed by atoms with Gasteiger partial charge in [-0.3, -0.25) is 14.2 Å². The van der Waals surface area contributed by atoms with Crippen LogP contribution in [0.4, 0.5) is 0 Å². The number of esters is 1. The van der Waals surface area contributed by atoms with E-state index in [1.165, 1.54) is 70.6 Å². The van der Waals surface area contributed by atoms with Crippen LogP contribution in [-0.2, 0) is 27.9 Å². The molecule has 0 fully saturated rings. The average Bonchev–Trinajstić information content (AvgIpc) is 3.31. The van der Waals surface area contributed by atoms with Gasteiger partial charge in [-0.1, -0.05) is 202 Å². The lowest BCUT2D eigenvalue weighted by Gasteiger charge is -2.30. The van der Waals surface area contributed by atoms with E-state index in [1.807, 2.05) is 33.3 Å². The zero-order valence-electron chi connectivity index (χ0n) is 45.0. The number of unbranched alkanes of at least 4 members (excludes halogenated alkanes) is 20. The molecule has 0 aliphatic carbocycles. The third-order valence-electron chi connectivity index (χ3n) is 11.6. The Balaban J connectivity index is 5.43. The zero-order valence-corrected chi connectivity index (χ0v) is 45.9. The van der Waals surface area contributed by atoms with Gasteiger partial charge in [0.2, 0.25) is 5.91 Å². The summed E-state index contributed by atoms with van der Waals surface area (Å²) in [6.07, 6.45) is 63.7. The molecule has 396 valence electrons. The third kappa shape index (κ3) is 49.7. The zero-order chi connectivity index (χ0) is 50.8. The van der Waals surface area contributed by atoms with E-state index >= 15 is 0 Å². The van der Waals surface area contributed by atoms with E-state index in [4.69, 9.17) is 13.8 Å². The van der Waals surface area contributed by atoms with Crippen LogP contribution in [0.2, 0.25) is 0 Å². The third-order valence-corrected chi connectivity index (χ3v) is 12.5. The largest absolute Gasteiger partial charge is 0.756 e. The number of phosphoric acid groups is 1. The van der Waals surface area contributed by atoms with Gasteiger partial charge in [0.1, 0.15) is 19.3 Å². The minimum atomic E-state index is -4.71. The van der Waals surface area contributed by atoms with Gasteiger partial charge in [0, 0.05) is 12.8 Å². The normalized spacial score (nSPS) is 14.6. The molecule has 0 saturated carbocycles. The van der Waals surface area contributed by atoms with Crippen molar-refractivity contribution in [3.05, 3.63) is 97.2 Å². The van der Waals surface area contributed by atoms with Crippen LogP contribution in [0.1, 0.15) is 213 Å². The second-order valence-electron chi connectivity index (χ2n) is 19.4. The van der Waals surface area contributed by atoms with Crippen LogP contribution in [-0.4, -0.2) is 69.4 Å². The number of quaternary nitrogens is 1. The molecular formula is C59H103N2O7P. The predicted molar refractivity (Wildman–Crippen MR) is 293 cm³/mol. The molecule has 1 N–H and O–H groups in total. The van der Waals surface area contributed by atoms with E-state index in [1.54, 1.807) is 6.08 Å². The van der Waals surface area contributed by atoms with Gasteiger partial charge in [0.05, 0.1) is 33.8 Å². The molecule has 0 aliphatic heterocycles. The van der Waals surface area contributed by atoms with Gasteiger partial charge in [0.15, 0.2) is 0 Å². The number of nitrogens with one attached hydrogen (secondary N) is 1. The van der Waals surface area contributed by atoms with Gasteiger partial charge in [-0.25, -0.2) is 0 Å². The Morgan fingerprint density at radius 1 is 0.536 bits per heavy atom. The van der Waals surface area contributed by atoms with E-state index in [0.29, 0.717) is 23.9 Å². The number of allylic oxidation sites excluding steroid dienone is 15. The fraction of sp³-hybridized carbons (Fsp3) is 0.695. The molecule has 0 aliphatic rings. The molecule has 1 amide bonds. The molecule has 69 heavy (non-hydrogen) atoms. The summed E-state index contributed by atoms with van der Waals surface area (Å²) in [4.78, 5) is 39.7. The van der Waals surface area contributed by atoms with Crippen molar-refractivity contribution in [1.82, 2.24) is 5.32 Å². The lowest BCUT2D eigenvalue weighted by molar-refractivity contribution is -0.870. The van der Waals surface area contributed by atoms with Crippen LogP contribution < -0.4 is 10.2 Å². The van der Waals surface area contributed by atoms with Crippen LogP contribution in [0, 0.1) is 0 Å². The molecule has 0 rings (SSSR count). The molecule has 3 unspecified atom stereocenters. The second kappa shape index (κ2) is 48.6. The Labute approximate surface area is 424 Å². The number of amides is 1. The molecule has 9 nitrogen and oxygen atoms in total. The van der Waals surface area contributed by atoms with E-state index in [2.05, 4.69) is 105 Å². The van der Waals surface area contributed by atoms with E-state index in [0.717, 1.165) is 96.3 Å².